The monoisotopic (exact) mass is 455 g/mol. The van der Waals surface area contributed by atoms with E-state index in [0.717, 1.165) is 5.56 Å². The van der Waals surface area contributed by atoms with E-state index in [-0.39, 0.29) is 25.0 Å². The number of methoxy groups -OCH3 is 2. The summed E-state index contributed by atoms with van der Waals surface area (Å²) in [5, 5.41) is 0.472. The number of anilines is 1. The maximum atomic E-state index is 13.5. The van der Waals surface area contributed by atoms with Gasteiger partial charge in [0.25, 0.3) is 10.0 Å². The normalized spacial score (nSPS) is 19.4. The van der Waals surface area contributed by atoms with Gasteiger partial charge < -0.3 is 18.9 Å². The predicted molar refractivity (Wildman–Crippen MR) is 114 cm³/mol. The van der Waals surface area contributed by atoms with Gasteiger partial charge in [-0.05, 0) is 43.7 Å². The summed E-state index contributed by atoms with van der Waals surface area (Å²) in [6, 6.07) is 11.9. The standard InChI is InChI=1S/C21H26ClNO6S/c1-15-4-7-17(8-5-15)30(24,25)23-11-10-20(28-13-26-2)21(29-14-27-3)18-12-16(22)6-9-19(18)23/h4-9,12,20-21H,10-11,13-14H2,1-3H3/t20-,21-/m0/s1. The number of ether oxygens (including phenoxy) is 4. The molecule has 1 heterocycles. The summed E-state index contributed by atoms with van der Waals surface area (Å²) in [6.07, 6.45) is -0.627. The van der Waals surface area contributed by atoms with Crippen LogP contribution in [0.5, 0.6) is 0 Å². The van der Waals surface area contributed by atoms with E-state index in [4.69, 9.17) is 30.5 Å². The number of hydrogen-bond donors (Lipinski definition) is 0. The zero-order chi connectivity index (χ0) is 21.7. The second kappa shape index (κ2) is 10.1. The Balaban J connectivity index is 2.09. The Morgan fingerprint density at radius 3 is 2.37 bits per heavy atom. The van der Waals surface area contributed by atoms with Crippen LogP contribution >= 0.6 is 11.6 Å². The van der Waals surface area contributed by atoms with Gasteiger partial charge in [-0.1, -0.05) is 29.3 Å². The molecular weight excluding hydrogens is 430 g/mol. The maximum Gasteiger partial charge on any atom is 0.264 e. The van der Waals surface area contributed by atoms with Crippen molar-refractivity contribution in [2.45, 2.75) is 30.4 Å². The molecule has 0 amide bonds. The third kappa shape index (κ3) is 4.96. The molecule has 2 aromatic carbocycles. The number of sulfonamides is 1. The topological polar surface area (TPSA) is 74.3 Å². The summed E-state index contributed by atoms with van der Waals surface area (Å²) >= 11 is 6.26. The highest BCUT2D eigenvalue weighted by atomic mass is 35.5. The minimum Gasteiger partial charge on any atom is -0.359 e. The van der Waals surface area contributed by atoms with Crippen LogP contribution in [0, 0.1) is 6.92 Å². The molecule has 0 unspecified atom stereocenters. The van der Waals surface area contributed by atoms with E-state index in [1.165, 1.54) is 18.5 Å². The molecule has 0 bridgehead atoms. The lowest BCUT2D eigenvalue weighted by Gasteiger charge is -2.26. The fraction of sp³-hybridized carbons (Fsp3) is 0.429. The average Bonchev–Trinajstić information content (AvgIpc) is 2.87. The summed E-state index contributed by atoms with van der Waals surface area (Å²) in [4.78, 5) is 0.222. The number of halogens is 1. The molecular formula is C21H26ClNO6S. The van der Waals surface area contributed by atoms with Crippen LogP contribution in [-0.2, 0) is 29.0 Å². The molecule has 1 aliphatic rings. The van der Waals surface area contributed by atoms with E-state index >= 15 is 0 Å². The van der Waals surface area contributed by atoms with Gasteiger partial charge in [-0.3, -0.25) is 4.31 Å². The lowest BCUT2D eigenvalue weighted by atomic mass is 10.0. The van der Waals surface area contributed by atoms with Crippen LogP contribution in [-0.4, -0.2) is 48.9 Å². The van der Waals surface area contributed by atoms with Crippen LogP contribution < -0.4 is 4.31 Å². The molecule has 2 atom stereocenters. The van der Waals surface area contributed by atoms with Crippen LogP contribution in [0.3, 0.4) is 0 Å². The number of fused-ring (bicyclic) bond motifs is 1. The Morgan fingerprint density at radius 1 is 1.03 bits per heavy atom. The number of rotatable bonds is 8. The van der Waals surface area contributed by atoms with Crippen LogP contribution in [0.25, 0.3) is 0 Å². The van der Waals surface area contributed by atoms with Crippen molar-refractivity contribution in [1.29, 1.82) is 0 Å². The van der Waals surface area contributed by atoms with Crippen molar-refractivity contribution in [3.05, 3.63) is 58.6 Å². The first-order chi connectivity index (χ1) is 14.4. The van der Waals surface area contributed by atoms with Crippen molar-refractivity contribution in [3.63, 3.8) is 0 Å². The fourth-order valence-corrected chi connectivity index (χ4v) is 5.13. The summed E-state index contributed by atoms with van der Waals surface area (Å²) in [6.45, 7) is 2.20. The Labute approximate surface area is 182 Å². The molecule has 164 valence electrons. The molecule has 9 heteroatoms. The van der Waals surface area contributed by atoms with Gasteiger partial charge in [0.15, 0.2) is 0 Å². The van der Waals surface area contributed by atoms with E-state index in [9.17, 15) is 8.42 Å². The minimum atomic E-state index is -3.80. The lowest BCUT2D eigenvalue weighted by Crippen LogP contribution is -2.33. The molecule has 7 nitrogen and oxygen atoms in total. The molecule has 0 aromatic heterocycles. The van der Waals surface area contributed by atoms with Crippen LogP contribution in [0.15, 0.2) is 47.4 Å². The van der Waals surface area contributed by atoms with Gasteiger partial charge in [0.2, 0.25) is 0 Å². The van der Waals surface area contributed by atoms with E-state index < -0.39 is 22.2 Å². The van der Waals surface area contributed by atoms with Crippen molar-refractivity contribution < 1.29 is 27.4 Å². The van der Waals surface area contributed by atoms with Crippen LogP contribution in [0.2, 0.25) is 5.02 Å². The third-order valence-electron chi connectivity index (χ3n) is 4.89. The van der Waals surface area contributed by atoms with E-state index in [1.54, 1.807) is 42.5 Å². The van der Waals surface area contributed by atoms with Crippen LogP contribution in [0.4, 0.5) is 5.69 Å². The first-order valence-corrected chi connectivity index (χ1v) is 11.3. The Hall–Kier alpha value is -1.68. The maximum absolute atomic E-state index is 13.5. The number of aryl methyl sites for hydroxylation is 1. The molecule has 0 aliphatic carbocycles. The van der Waals surface area contributed by atoms with Gasteiger partial charge in [-0.25, -0.2) is 8.42 Å². The molecule has 30 heavy (non-hydrogen) atoms. The molecule has 0 saturated heterocycles. The van der Waals surface area contributed by atoms with Crippen molar-refractivity contribution in [3.8, 4) is 0 Å². The molecule has 2 aromatic rings. The summed E-state index contributed by atoms with van der Waals surface area (Å²) in [5.74, 6) is 0. The lowest BCUT2D eigenvalue weighted by molar-refractivity contribution is -0.159. The third-order valence-corrected chi connectivity index (χ3v) is 6.96. The van der Waals surface area contributed by atoms with Crippen LogP contribution in [0.1, 0.15) is 23.7 Å². The largest absolute Gasteiger partial charge is 0.359 e. The van der Waals surface area contributed by atoms with E-state index in [0.29, 0.717) is 22.7 Å². The highest BCUT2D eigenvalue weighted by Crippen LogP contribution is 2.40. The Bertz CT molecular complexity index is 950. The summed E-state index contributed by atoms with van der Waals surface area (Å²) < 4.78 is 50.3. The molecule has 0 radical (unpaired) electrons. The van der Waals surface area contributed by atoms with E-state index in [1.807, 2.05) is 6.92 Å². The van der Waals surface area contributed by atoms with Gasteiger partial charge >= 0.3 is 0 Å². The highest BCUT2D eigenvalue weighted by Gasteiger charge is 2.37. The molecule has 0 fully saturated rings. The minimum absolute atomic E-state index is 0.0220. The van der Waals surface area contributed by atoms with Crippen molar-refractivity contribution in [2.75, 3.05) is 38.7 Å². The quantitative estimate of drug-likeness (QED) is 0.562. The second-order valence-electron chi connectivity index (χ2n) is 6.99. The number of nitrogens with zero attached hydrogens (tertiary/aromatic N) is 1. The number of benzene rings is 2. The molecule has 3 rings (SSSR count). The van der Waals surface area contributed by atoms with Gasteiger partial charge in [0.1, 0.15) is 19.7 Å². The van der Waals surface area contributed by atoms with Gasteiger partial charge in [-0.2, -0.15) is 0 Å². The summed E-state index contributed by atoms with van der Waals surface area (Å²) in [7, 11) is -0.749. The van der Waals surface area contributed by atoms with Gasteiger partial charge in [-0.15, -0.1) is 0 Å². The van der Waals surface area contributed by atoms with Gasteiger partial charge in [0, 0.05) is 31.4 Å². The zero-order valence-electron chi connectivity index (χ0n) is 17.2. The average molecular weight is 456 g/mol. The second-order valence-corrected chi connectivity index (χ2v) is 9.29. The molecule has 1 aliphatic heterocycles. The van der Waals surface area contributed by atoms with E-state index in [2.05, 4.69) is 0 Å². The smallest absolute Gasteiger partial charge is 0.264 e. The van der Waals surface area contributed by atoms with Crippen molar-refractivity contribution in [2.24, 2.45) is 0 Å². The van der Waals surface area contributed by atoms with Crippen molar-refractivity contribution >= 4 is 27.3 Å². The first kappa shape index (κ1) is 23.0. The SMILES string of the molecule is COCO[C@H]1CCN(S(=O)(=O)c2ccc(C)cc2)c2ccc(Cl)cc2[C@@H]1OCOC. The van der Waals surface area contributed by atoms with Gasteiger partial charge in [0.05, 0.1) is 16.7 Å². The fourth-order valence-electron chi connectivity index (χ4n) is 3.45. The predicted octanol–water partition coefficient (Wildman–Crippen LogP) is 3.90. The Kier molecular flexibility index (Phi) is 7.73. The first-order valence-electron chi connectivity index (χ1n) is 9.48. The summed E-state index contributed by atoms with van der Waals surface area (Å²) in [5.41, 5.74) is 2.11. The molecule has 0 spiro atoms. The number of hydrogen-bond acceptors (Lipinski definition) is 6. The zero-order valence-corrected chi connectivity index (χ0v) is 18.8. The highest BCUT2D eigenvalue weighted by molar-refractivity contribution is 7.92. The van der Waals surface area contributed by atoms with Crippen molar-refractivity contribution in [1.82, 2.24) is 0 Å². The molecule has 0 saturated carbocycles. The molecule has 0 N–H and O–H groups in total. The Morgan fingerprint density at radius 2 is 1.70 bits per heavy atom.